The molecule has 0 unspecified atom stereocenters. The first-order chi connectivity index (χ1) is 20.5. The lowest BCUT2D eigenvalue weighted by Crippen LogP contribution is -2.38. The summed E-state index contributed by atoms with van der Waals surface area (Å²) in [5, 5.41) is 2.16. The monoisotopic (exact) mass is 607 g/mol. The van der Waals surface area contributed by atoms with Gasteiger partial charge in [-0.25, -0.2) is 4.98 Å². The molecule has 9 heteroatoms. The number of hydrogen-bond donors (Lipinski definition) is 0. The average molecular weight is 608 g/mol. The van der Waals surface area contributed by atoms with E-state index in [9.17, 15) is 22.8 Å². The first-order valence-electron chi connectivity index (χ1n) is 14.8. The van der Waals surface area contributed by atoms with E-state index in [0.717, 1.165) is 48.2 Å². The predicted octanol–water partition coefficient (Wildman–Crippen LogP) is 8.34. The van der Waals surface area contributed by atoms with Crippen molar-refractivity contribution in [3.8, 4) is 27.5 Å². The minimum absolute atomic E-state index is 0.0874. The molecule has 0 saturated carbocycles. The highest BCUT2D eigenvalue weighted by Gasteiger charge is 2.30. The van der Waals surface area contributed by atoms with Gasteiger partial charge < -0.3 is 4.90 Å². The number of benzene rings is 2. The molecule has 1 fully saturated rings. The number of alkyl halides is 3. The molecular weight excluding hydrogens is 571 g/mol. The second-order valence-corrected chi connectivity index (χ2v) is 12.5. The van der Waals surface area contributed by atoms with Crippen LogP contribution in [0.3, 0.4) is 0 Å². The Kier molecular flexibility index (Phi) is 8.92. The normalized spacial score (nSPS) is 14.0. The number of hydrogen-bond acceptors (Lipinski definition) is 4. The van der Waals surface area contributed by atoms with Crippen LogP contribution in [0, 0.1) is 12.8 Å². The Morgan fingerprint density at radius 1 is 1.02 bits per heavy atom. The molecule has 5 rings (SSSR count). The summed E-state index contributed by atoms with van der Waals surface area (Å²) in [4.78, 5) is 35.2. The lowest BCUT2D eigenvalue weighted by molar-refractivity contribution is -0.137. The maximum absolute atomic E-state index is 14.5. The zero-order valence-corrected chi connectivity index (χ0v) is 25.7. The number of aryl methyl sites for hydroxylation is 2. The molecular formula is C34H36F3N3O2S. The number of carbonyl (C=O) groups excluding carboxylic acids is 1. The van der Waals surface area contributed by atoms with Crippen molar-refractivity contribution < 1.29 is 18.0 Å². The number of piperidine rings is 1. The quantitative estimate of drug-likeness (QED) is 0.212. The first-order valence-corrected chi connectivity index (χ1v) is 15.7. The number of carbonyl (C=O) groups is 1. The van der Waals surface area contributed by atoms with E-state index in [1.807, 2.05) is 36.9 Å². The summed E-state index contributed by atoms with van der Waals surface area (Å²) in [5.41, 5.74) is 4.25. The summed E-state index contributed by atoms with van der Waals surface area (Å²) in [6, 6.07) is 12.6. The smallest absolute Gasteiger partial charge is 0.339 e. The van der Waals surface area contributed by atoms with Crippen LogP contribution in [-0.2, 0) is 19.0 Å². The van der Waals surface area contributed by atoms with Crippen molar-refractivity contribution >= 4 is 17.2 Å². The first kappa shape index (κ1) is 30.7. The van der Waals surface area contributed by atoms with E-state index in [0.29, 0.717) is 59.0 Å². The van der Waals surface area contributed by atoms with Gasteiger partial charge in [0.15, 0.2) is 0 Å². The molecule has 3 heterocycles. The zero-order chi connectivity index (χ0) is 30.9. The Labute approximate surface area is 254 Å². The summed E-state index contributed by atoms with van der Waals surface area (Å²) < 4.78 is 41.1. The largest absolute Gasteiger partial charge is 0.416 e. The van der Waals surface area contributed by atoms with Gasteiger partial charge in [0.25, 0.3) is 11.5 Å². The molecule has 43 heavy (non-hydrogen) atoms. The van der Waals surface area contributed by atoms with Gasteiger partial charge in [0, 0.05) is 29.7 Å². The Hall–Kier alpha value is -3.72. The van der Waals surface area contributed by atoms with E-state index >= 15 is 0 Å². The zero-order valence-electron chi connectivity index (χ0n) is 24.9. The Balaban J connectivity index is 1.73. The number of rotatable bonds is 7. The minimum atomic E-state index is -4.43. The van der Waals surface area contributed by atoms with Crippen molar-refractivity contribution in [2.45, 2.75) is 66.0 Å². The van der Waals surface area contributed by atoms with E-state index in [2.05, 4.69) is 13.8 Å². The molecule has 2 aromatic heterocycles. The van der Waals surface area contributed by atoms with Gasteiger partial charge in [-0.2, -0.15) is 13.2 Å². The fourth-order valence-electron chi connectivity index (χ4n) is 5.64. The highest BCUT2D eigenvalue weighted by molar-refractivity contribution is 7.13. The van der Waals surface area contributed by atoms with Gasteiger partial charge >= 0.3 is 6.18 Å². The maximum Gasteiger partial charge on any atom is 0.416 e. The lowest BCUT2D eigenvalue weighted by atomic mass is 9.97. The summed E-state index contributed by atoms with van der Waals surface area (Å²) in [6.07, 6.45) is -0.215. The second kappa shape index (κ2) is 12.5. The molecule has 1 aliphatic rings. The van der Waals surface area contributed by atoms with Crippen LogP contribution in [0.25, 0.3) is 27.5 Å². The molecule has 0 radical (unpaired) electrons. The molecule has 0 N–H and O–H groups in total. The van der Waals surface area contributed by atoms with Gasteiger partial charge in [0.05, 0.1) is 28.1 Å². The van der Waals surface area contributed by atoms with Crippen molar-refractivity contribution in [2.24, 2.45) is 5.92 Å². The van der Waals surface area contributed by atoms with Gasteiger partial charge in [-0.05, 0) is 80.3 Å². The van der Waals surface area contributed by atoms with Gasteiger partial charge in [0.1, 0.15) is 5.01 Å². The highest BCUT2D eigenvalue weighted by atomic mass is 32.1. The number of pyridine rings is 1. The van der Waals surface area contributed by atoms with Crippen LogP contribution >= 0.6 is 11.3 Å². The van der Waals surface area contributed by atoms with Crippen LogP contribution in [-0.4, -0.2) is 33.4 Å². The van der Waals surface area contributed by atoms with Crippen molar-refractivity contribution in [1.82, 2.24) is 14.5 Å². The molecule has 0 aliphatic carbocycles. The third-order valence-corrected chi connectivity index (χ3v) is 8.76. The van der Waals surface area contributed by atoms with Gasteiger partial charge in [0.2, 0.25) is 0 Å². The number of halogens is 3. The molecule has 1 saturated heterocycles. The van der Waals surface area contributed by atoms with Crippen LogP contribution in [0.2, 0.25) is 0 Å². The van der Waals surface area contributed by atoms with Crippen LogP contribution in [0.4, 0.5) is 13.2 Å². The van der Waals surface area contributed by atoms with Crippen molar-refractivity contribution in [2.75, 3.05) is 13.1 Å². The SMILES string of the molecule is CCc1ccc(C)cc1-n1c(CC(C)C)c(C(=O)N2CCCCC2)cc(-c2nc(-c3ccc(C(F)(F)F)cc3)cs2)c1=O. The molecule has 2 aromatic carbocycles. The van der Waals surface area contributed by atoms with E-state index in [4.69, 9.17) is 4.98 Å². The molecule has 4 aromatic rings. The number of likely N-dealkylation sites (tertiary alicyclic amines) is 1. The standard InChI is InChI=1S/C34H36F3N3O2S/c1-5-23-10-9-22(4)18-29(23)40-30(17-21(2)3)26(32(41)39-15-7-6-8-16-39)19-27(33(40)42)31-38-28(20-43-31)24-11-13-25(14-12-24)34(35,36)37/h9-14,18-21H,5-8,15-17H2,1-4H3. The van der Waals surface area contributed by atoms with Gasteiger partial charge in [-0.1, -0.05) is 45.0 Å². The third kappa shape index (κ3) is 6.47. The molecule has 0 spiro atoms. The van der Waals surface area contributed by atoms with Gasteiger partial charge in [-0.15, -0.1) is 11.3 Å². The number of nitrogens with zero attached hydrogens (tertiary/aromatic N) is 3. The van der Waals surface area contributed by atoms with Crippen LogP contribution in [0.5, 0.6) is 0 Å². The fourth-order valence-corrected chi connectivity index (χ4v) is 6.48. The van der Waals surface area contributed by atoms with Crippen LogP contribution in [0.15, 0.2) is 58.7 Å². The van der Waals surface area contributed by atoms with Crippen molar-refractivity contribution in [1.29, 1.82) is 0 Å². The van der Waals surface area contributed by atoms with Crippen LogP contribution < -0.4 is 5.56 Å². The maximum atomic E-state index is 14.5. The van der Waals surface area contributed by atoms with E-state index in [-0.39, 0.29) is 17.4 Å². The topological polar surface area (TPSA) is 55.2 Å². The molecule has 1 amide bonds. The molecule has 5 nitrogen and oxygen atoms in total. The number of thiazole rings is 1. The Morgan fingerprint density at radius 3 is 2.35 bits per heavy atom. The highest BCUT2D eigenvalue weighted by Crippen LogP contribution is 2.34. The fraction of sp³-hybridized carbons (Fsp3) is 0.382. The summed E-state index contributed by atoms with van der Waals surface area (Å²) in [6.45, 7) is 9.53. The van der Waals surface area contributed by atoms with E-state index in [1.54, 1.807) is 16.0 Å². The Morgan fingerprint density at radius 2 is 1.72 bits per heavy atom. The Bertz CT molecular complexity index is 1680. The minimum Gasteiger partial charge on any atom is -0.339 e. The summed E-state index contributed by atoms with van der Waals surface area (Å²) >= 11 is 1.24. The molecule has 1 aliphatic heterocycles. The number of amides is 1. The third-order valence-electron chi connectivity index (χ3n) is 7.88. The molecule has 226 valence electrons. The second-order valence-electron chi connectivity index (χ2n) is 11.6. The predicted molar refractivity (Wildman–Crippen MR) is 166 cm³/mol. The summed E-state index contributed by atoms with van der Waals surface area (Å²) in [5.74, 6) is 0.0981. The van der Waals surface area contributed by atoms with Gasteiger partial charge in [-0.3, -0.25) is 14.2 Å². The number of aromatic nitrogens is 2. The molecule has 0 bridgehead atoms. The average Bonchev–Trinajstić information content (AvgIpc) is 3.47. The van der Waals surface area contributed by atoms with E-state index < -0.39 is 11.7 Å². The molecule has 0 atom stereocenters. The van der Waals surface area contributed by atoms with Crippen molar-refractivity contribution in [3.05, 3.63) is 92.2 Å². The van der Waals surface area contributed by atoms with Crippen molar-refractivity contribution in [3.63, 3.8) is 0 Å². The van der Waals surface area contributed by atoms with E-state index in [1.165, 1.54) is 23.5 Å². The summed E-state index contributed by atoms with van der Waals surface area (Å²) in [7, 11) is 0. The lowest BCUT2D eigenvalue weighted by Gasteiger charge is -2.29. The van der Waals surface area contributed by atoms with Crippen LogP contribution in [0.1, 0.15) is 72.8 Å².